The summed E-state index contributed by atoms with van der Waals surface area (Å²) in [5.41, 5.74) is 2.28. The van der Waals surface area contributed by atoms with Gasteiger partial charge in [0.2, 0.25) is 0 Å². The topological polar surface area (TPSA) is 35.6 Å². The normalized spacial score (nSPS) is 14.6. The van der Waals surface area contributed by atoms with E-state index in [0.717, 1.165) is 28.4 Å². The molecule has 132 valence electrons. The molecule has 1 aliphatic heterocycles. The van der Waals surface area contributed by atoms with Gasteiger partial charge in [0, 0.05) is 48.6 Å². The lowest BCUT2D eigenvalue weighted by Crippen LogP contribution is -2.50. The third-order valence-electron chi connectivity index (χ3n) is 4.26. The number of benzene rings is 2. The number of rotatable bonds is 2. The Hall–Kier alpha value is -2.34. The summed E-state index contributed by atoms with van der Waals surface area (Å²) in [7, 11) is 0. The Kier molecular flexibility index (Phi) is 5.08. The highest BCUT2D eigenvalue weighted by Gasteiger charge is 2.22. The molecule has 0 spiro atoms. The number of aryl methyl sites for hydroxylation is 1. The zero-order valence-corrected chi connectivity index (χ0v) is 14.5. The SMILES string of the molecule is Cc1ccc(N2CCN(C(=O)Nc3ccc(F)c(F)c3)CC2)cc1Cl. The van der Waals surface area contributed by atoms with E-state index in [1.807, 2.05) is 25.1 Å². The molecule has 7 heteroatoms. The Labute approximate surface area is 150 Å². The number of halogens is 3. The second-order valence-electron chi connectivity index (χ2n) is 5.97. The molecule has 1 aliphatic rings. The van der Waals surface area contributed by atoms with Crippen LogP contribution in [0.2, 0.25) is 5.02 Å². The van der Waals surface area contributed by atoms with E-state index in [1.165, 1.54) is 6.07 Å². The van der Waals surface area contributed by atoms with Gasteiger partial charge < -0.3 is 15.1 Å². The monoisotopic (exact) mass is 365 g/mol. The van der Waals surface area contributed by atoms with Crippen LogP contribution in [-0.2, 0) is 0 Å². The zero-order chi connectivity index (χ0) is 18.0. The number of hydrogen-bond acceptors (Lipinski definition) is 2. The molecule has 1 fully saturated rings. The molecule has 0 unspecified atom stereocenters. The van der Waals surface area contributed by atoms with Crippen LogP contribution in [0.25, 0.3) is 0 Å². The van der Waals surface area contributed by atoms with Gasteiger partial charge in [-0.15, -0.1) is 0 Å². The summed E-state index contributed by atoms with van der Waals surface area (Å²) in [4.78, 5) is 16.1. The lowest BCUT2D eigenvalue weighted by atomic mass is 10.2. The van der Waals surface area contributed by atoms with Crippen molar-refractivity contribution in [1.82, 2.24) is 4.90 Å². The first-order chi connectivity index (χ1) is 11.9. The Morgan fingerprint density at radius 1 is 1.04 bits per heavy atom. The van der Waals surface area contributed by atoms with Crippen molar-refractivity contribution in [2.45, 2.75) is 6.92 Å². The van der Waals surface area contributed by atoms with Crippen molar-refractivity contribution in [3.8, 4) is 0 Å². The molecule has 2 aromatic rings. The number of carbonyl (C=O) groups is 1. The van der Waals surface area contributed by atoms with E-state index >= 15 is 0 Å². The van der Waals surface area contributed by atoms with Crippen molar-refractivity contribution in [2.24, 2.45) is 0 Å². The Morgan fingerprint density at radius 3 is 2.40 bits per heavy atom. The summed E-state index contributed by atoms with van der Waals surface area (Å²) >= 11 is 6.17. The van der Waals surface area contributed by atoms with Crippen molar-refractivity contribution in [3.63, 3.8) is 0 Å². The van der Waals surface area contributed by atoms with E-state index in [4.69, 9.17) is 11.6 Å². The Morgan fingerprint density at radius 2 is 1.76 bits per heavy atom. The molecule has 0 saturated carbocycles. The van der Waals surface area contributed by atoms with Crippen LogP contribution < -0.4 is 10.2 Å². The van der Waals surface area contributed by atoms with Gasteiger partial charge in [-0.05, 0) is 36.8 Å². The van der Waals surface area contributed by atoms with Crippen LogP contribution in [0.3, 0.4) is 0 Å². The molecule has 3 rings (SSSR count). The number of nitrogens with zero attached hydrogens (tertiary/aromatic N) is 2. The number of piperazine rings is 1. The van der Waals surface area contributed by atoms with E-state index < -0.39 is 11.6 Å². The Balaban J connectivity index is 1.58. The van der Waals surface area contributed by atoms with Gasteiger partial charge in [0.1, 0.15) is 0 Å². The molecule has 25 heavy (non-hydrogen) atoms. The van der Waals surface area contributed by atoms with E-state index in [1.54, 1.807) is 4.90 Å². The predicted octanol–water partition coefficient (Wildman–Crippen LogP) is 4.28. The van der Waals surface area contributed by atoms with Gasteiger partial charge in [-0.2, -0.15) is 0 Å². The van der Waals surface area contributed by atoms with Crippen molar-refractivity contribution >= 4 is 29.0 Å². The van der Waals surface area contributed by atoms with Crippen LogP contribution in [0.5, 0.6) is 0 Å². The van der Waals surface area contributed by atoms with Crippen LogP contribution in [-0.4, -0.2) is 37.1 Å². The molecular weight excluding hydrogens is 348 g/mol. The standard InChI is InChI=1S/C18H18ClF2N3O/c1-12-2-4-14(11-15(12)19)23-6-8-24(9-7-23)18(25)22-13-3-5-16(20)17(21)10-13/h2-5,10-11H,6-9H2,1H3,(H,22,25). The highest BCUT2D eigenvalue weighted by molar-refractivity contribution is 6.31. The van der Waals surface area contributed by atoms with Crippen LogP contribution >= 0.6 is 11.6 Å². The minimum Gasteiger partial charge on any atom is -0.368 e. The van der Waals surface area contributed by atoms with Crippen molar-refractivity contribution in [3.05, 3.63) is 58.6 Å². The summed E-state index contributed by atoms with van der Waals surface area (Å²) in [5, 5.41) is 3.31. The van der Waals surface area contributed by atoms with Gasteiger partial charge >= 0.3 is 6.03 Å². The van der Waals surface area contributed by atoms with Gasteiger partial charge in [-0.1, -0.05) is 17.7 Å². The first-order valence-electron chi connectivity index (χ1n) is 7.96. The van der Waals surface area contributed by atoms with E-state index in [2.05, 4.69) is 10.2 Å². The average Bonchev–Trinajstić information content (AvgIpc) is 2.61. The summed E-state index contributed by atoms with van der Waals surface area (Å²) in [6.45, 7) is 4.35. The maximum Gasteiger partial charge on any atom is 0.321 e. The van der Waals surface area contributed by atoms with Crippen LogP contribution in [0, 0.1) is 18.6 Å². The zero-order valence-electron chi connectivity index (χ0n) is 13.7. The van der Waals surface area contributed by atoms with E-state index in [9.17, 15) is 13.6 Å². The quantitative estimate of drug-likeness (QED) is 0.862. The largest absolute Gasteiger partial charge is 0.368 e. The van der Waals surface area contributed by atoms with Crippen molar-refractivity contribution in [1.29, 1.82) is 0 Å². The van der Waals surface area contributed by atoms with Crippen LogP contribution in [0.1, 0.15) is 5.56 Å². The van der Waals surface area contributed by atoms with Crippen LogP contribution in [0.4, 0.5) is 25.0 Å². The third kappa shape index (κ3) is 4.02. The summed E-state index contributed by atoms with van der Waals surface area (Å²) < 4.78 is 26.1. The molecule has 1 saturated heterocycles. The molecule has 2 amide bonds. The summed E-state index contributed by atoms with van der Waals surface area (Å²) in [6.07, 6.45) is 0. The fraction of sp³-hybridized carbons (Fsp3) is 0.278. The minimum atomic E-state index is -0.987. The average molecular weight is 366 g/mol. The highest BCUT2D eigenvalue weighted by Crippen LogP contribution is 2.24. The molecule has 0 atom stereocenters. The molecule has 4 nitrogen and oxygen atoms in total. The predicted molar refractivity (Wildman–Crippen MR) is 95.4 cm³/mol. The Bertz CT molecular complexity index is 792. The van der Waals surface area contributed by atoms with Gasteiger partial charge in [-0.3, -0.25) is 0 Å². The maximum atomic E-state index is 13.2. The number of amides is 2. The molecule has 1 N–H and O–H groups in total. The number of carbonyl (C=O) groups excluding carboxylic acids is 1. The highest BCUT2D eigenvalue weighted by atomic mass is 35.5. The fourth-order valence-electron chi connectivity index (χ4n) is 2.72. The molecule has 1 heterocycles. The van der Waals surface area contributed by atoms with E-state index in [-0.39, 0.29) is 11.7 Å². The summed E-state index contributed by atoms with van der Waals surface area (Å²) in [6, 6.07) is 8.88. The van der Waals surface area contributed by atoms with Gasteiger partial charge in [0.15, 0.2) is 11.6 Å². The van der Waals surface area contributed by atoms with Crippen molar-refractivity contribution in [2.75, 3.05) is 36.4 Å². The van der Waals surface area contributed by atoms with E-state index in [0.29, 0.717) is 26.2 Å². The smallest absolute Gasteiger partial charge is 0.321 e. The van der Waals surface area contributed by atoms with Crippen molar-refractivity contribution < 1.29 is 13.6 Å². The van der Waals surface area contributed by atoms with Crippen LogP contribution in [0.15, 0.2) is 36.4 Å². The van der Waals surface area contributed by atoms with Gasteiger partial charge in [0.25, 0.3) is 0 Å². The first-order valence-corrected chi connectivity index (χ1v) is 8.34. The third-order valence-corrected chi connectivity index (χ3v) is 4.67. The minimum absolute atomic E-state index is 0.233. The molecule has 0 aliphatic carbocycles. The molecule has 2 aromatic carbocycles. The molecular formula is C18H18ClF2N3O. The molecule has 0 aromatic heterocycles. The number of hydrogen-bond donors (Lipinski definition) is 1. The molecule has 0 bridgehead atoms. The number of nitrogens with one attached hydrogen (secondary N) is 1. The first kappa shape index (κ1) is 17.5. The summed E-state index contributed by atoms with van der Waals surface area (Å²) in [5.74, 6) is -1.93. The lowest BCUT2D eigenvalue weighted by molar-refractivity contribution is 0.208. The maximum absolute atomic E-state index is 13.2. The fourth-order valence-corrected chi connectivity index (χ4v) is 2.90. The second-order valence-corrected chi connectivity index (χ2v) is 6.37. The van der Waals surface area contributed by atoms with Gasteiger partial charge in [-0.25, -0.2) is 13.6 Å². The number of anilines is 2. The van der Waals surface area contributed by atoms with Gasteiger partial charge in [0.05, 0.1) is 0 Å². The number of urea groups is 1. The second kappa shape index (κ2) is 7.27. The lowest BCUT2D eigenvalue weighted by Gasteiger charge is -2.36. The molecule has 0 radical (unpaired) electrons.